The molecule has 1 aliphatic carbocycles. The third kappa shape index (κ3) is 3.06. The zero-order valence-electron chi connectivity index (χ0n) is 12.8. The van der Waals surface area contributed by atoms with E-state index in [4.69, 9.17) is 4.74 Å². The van der Waals surface area contributed by atoms with Crippen molar-refractivity contribution in [3.05, 3.63) is 28.0 Å². The van der Waals surface area contributed by atoms with Gasteiger partial charge in [0.15, 0.2) is 0 Å². The van der Waals surface area contributed by atoms with Crippen LogP contribution in [-0.2, 0) is 24.9 Å². The highest BCUT2D eigenvalue weighted by molar-refractivity contribution is 7.09. The highest BCUT2D eigenvalue weighted by Gasteiger charge is 2.31. The Morgan fingerprint density at radius 2 is 2.27 bits per heavy atom. The van der Waals surface area contributed by atoms with E-state index in [2.05, 4.69) is 20.2 Å². The van der Waals surface area contributed by atoms with Crippen LogP contribution in [0.15, 0.2) is 11.6 Å². The van der Waals surface area contributed by atoms with Gasteiger partial charge in [-0.1, -0.05) is 5.21 Å². The van der Waals surface area contributed by atoms with Crippen molar-refractivity contribution in [3.8, 4) is 0 Å². The number of aryl methyl sites for hydroxylation is 1. The maximum Gasteiger partial charge on any atom is 0.107 e. The minimum atomic E-state index is 0.350. The van der Waals surface area contributed by atoms with Gasteiger partial charge in [-0.15, -0.1) is 16.4 Å². The van der Waals surface area contributed by atoms with Crippen molar-refractivity contribution in [1.82, 2.24) is 24.9 Å². The van der Waals surface area contributed by atoms with Gasteiger partial charge in [0, 0.05) is 44.2 Å². The Kier molecular flexibility index (Phi) is 3.94. The van der Waals surface area contributed by atoms with E-state index < -0.39 is 0 Å². The molecule has 1 fully saturated rings. The number of aromatic nitrogens is 4. The lowest BCUT2D eigenvalue weighted by molar-refractivity contribution is 0.0866. The SMILES string of the molecule is Cn1nnc2c1[C@H](COCC1CC1)CN(Cc1nccs1)C2. The Hall–Kier alpha value is -1.31. The van der Waals surface area contributed by atoms with E-state index in [0.717, 1.165) is 49.5 Å². The molecule has 0 N–H and O–H groups in total. The zero-order valence-corrected chi connectivity index (χ0v) is 13.6. The predicted octanol–water partition coefficient (Wildman–Crippen LogP) is 1.80. The van der Waals surface area contributed by atoms with Gasteiger partial charge in [0.25, 0.3) is 0 Å². The van der Waals surface area contributed by atoms with Crippen molar-refractivity contribution >= 4 is 11.3 Å². The molecule has 2 aromatic heterocycles. The summed E-state index contributed by atoms with van der Waals surface area (Å²) >= 11 is 1.71. The van der Waals surface area contributed by atoms with E-state index in [0.29, 0.717) is 5.92 Å². The topological polar surface area (TPSA) is 56.1 Å². The number of hydrogen-bond acceptors (Lipinski definition) is 6. The van der Waals surface area contributed by atoms with Crippen molar-refractivity contribution in [3.63, 3.8) is 0 Å². The van der Waals surface area contributed by atoms with Crippen LogP contribution in [0.2, 0.25) is 0 Å². The molecule has 0 radical (unpaired) electrons. The largest absolute Gasteiger partial charge is 0.380 e. The van der Waals surface area contributed by atoms with Gasteiger partial charge in [-0.2, -0.15) is 0 Å². The second-order valence-corrected chi connectivity index (χ2v) is 7.30. The second-order valence-electron chi connectivity index (χ2n) is 6.32. The Morgan fingerprint density at radius 1 is 1.36 bits per heavy atom. The average molecular weight is 319 g/mol. The summed E-state index contributed by atoms with van der Waals surface area (Å²) in [5.41, 5.74) is 2.33. The van der Waals surface area contributed by atoms with Gasteiger partial charge >= 0.3 is 0 Å². The van der Waals surface area contributed by atoms with Crippen LogP contribution in [0, 0.1) is 5.92 Å². The molecule has 22 heavy (non-hydrogen) atoms. The lowest BCUT2D eigenvalue weighted by atomic mass is 9.99. The van der Waals surface area contributed by atoms with Crippen molar-refractivity contribution in [1.29, 1.82) is 0 Å². The van der Waals surface area contributed by atoms with Crippen LogP contribution < -0.4 is 0 Å². The lowest BCUT2D eigenvalue weighted by Gasteiger charge is -2.31. The smallest absolute Gasteiger partial charge is 0.107 e. The third-order valence-corrected chi connectivity index (χ3v) is 5.16. The van der Waals surface area contributed by atoms with Gasteiger partial charge in [0.2, 0.25) is 0 Å². The summed E-state index contributed by atoms with van der Waals surface area (Å²) in [5.74, 6) is 1.15. The fourth-order valence-corrected chi connectivity index (χ4v) is 3.79. The van der Waals surface area contributed by atoms with Gasteiger partial charge in [-0.05, 0) is 18.8 Å². The first-order valence-electron chi connectivity index (χ1n) is 7.86. The number of thiazole rings is 1. The molecular formula is C15H21N5OS. The molecule has 0 spiro atoms. The molecule has 2 aliphatic rings. The number of ether oxygens (including phenoxy) is 1. The van der Waals surface area contributed by atoms with Gasteiger partial charge in [0.1, 0.15) is 10.7 Å². The Labute approximate surface area is 134 Å². The number of nitrogens with zero attached hydrogens (tertiary/aromatic N) is 5. The van der Waals surface area contributed by atoms with Gasteiger partial charge in [-0.3, -0.25) is 9.58 Å². The molecule has 2 aromatic rings. The standard InChI is InChI=1S/C15H21N5OS/c1-19-15-12(10-21-9-11-2-3-11)6-20(7-13(15)17-18-19)8-14-16-4-5-22-14/h4-5,11-12H,2-3,6-10H2,1H3/t12-/m0/s1. The fraction of sp³-hybridized carbons (Fsp3) is 0.667. The van der Waals surface area contributed by atoms with Crippen LogP contribution in [0.3, 0.4) is 0 Å². The van der Waals surface area contributed by atoms with E-state index in [1.165, 1.54) is 18.5 Å². The normalized spacial score (nSPS) is 22.0. The summed E-state index contributed by atoms with van der Waals surface area (Å²) in [4.78, 5) is 6.80. The third-order valence-electron chi connectivity index (χ3n) is 4.39. The van der Waals surface area contributed by atoms with Crippen molar-refractivity contribution < 1.29 is 4.74 Å². The molecule has 3 heterocycles. The molecule has 0 bridgehead atoms. The summed E-state index contributed by atoms with van der Waals surface area (Å²) < 4.78 is 7.87. The number of rotatable bonds is 6. The predicted molar refractivity (Wildman–Crippen MR) is 83.5 cm³/mol. The molecule has 0 amide bonds. The highest BCUT2D eigenvalue weighted by atomic mass is 32.1. The van der Waals surface area contributed by atoms with Crippen LogP contribution in [0.1, 0.15) is 35.2 Å². The van der Waals surface area contributed by atoms with Crippen LogP contribution >= 0.6 is 11.3 Å². The van der Waals surface area contributed by atoms with Crippen molar-refractivity contribution in [2.75, 3.05) is 19.8 Å². The Morgan fingerprint density at radius 3 is 3.05 bits per heavy atom. The first-order chi connectivity index (χ1) is 10.8. The summed E-state index contributed by atoms with van der Waals surface area (Å²) in [6.45, 7) is 4.38. The maximum absolute atomic E-state index is 5.95. The molecule has 1 aliphatic heterocycles. The number of hydrogen-bond donors (Lipinski definition) is 0. The average Bonchev–Trinajstić information content (AvgIpc) is 3.04. The molecule has 1 atom stereocenters. The van der Waals surface area contributed by atoms with E-state index in [1.807, 2.05) is 23.3 Å². The minimum absolute atomic E-state index is 0.350. The summed E-state index contributed by atoms with van der Waals surface area (Å²) in [6.07, 6.45) is 4.53. The van der Waals surface area contributed by atoms with Crippen LogP contribution in [-0.4, -0.2) is 44.6 Å². The monoisotopic (exact) mass is 319 g/mol. The molecule has 0 unspecified atom stereocenters. The zero-order chi connectivity index (χ0) is 14.9. The van der Waals surface area contributed by atoms with E-state index in [9.17, 15) is 0 Å². The first kappa shape index (κ1) is 14.3. The fourth-order valence-electron chi connectivity index (χ4n) is 3.13. The molecule has 6 nitrogen and oxygen atoms in total. The van der Waals surface area contributed by atoms with Crippen LogP contribution in [0.25, 0.3) is 0 Å². The van der Waals surface area contributed by atoms with E-state index in [1.54, 1.807) is 11.3 Å². The number of fused-ring (bicyclic) bond motifs is 1. The van der Waals surface area contributed by atoms with Crippen molar-refractivity contribution in [2.45, 2.75) is 31.8 Å². The molecule has 7 heteroatoms. The first-order valence-corrected chi connectivity index (χ1v) is 8.74. The van der Waals surface area contributed by atoms with E-state index >= 15 is 0 Å². The molecule has 118 valence electrons. The minimum Gasteiger partial charge on any atom is -0.380 e. The Balaban J connectivity index is 1.46. The molecule has 0 aromatic carbocycles. The van der Waals surface area contributed by atoms with Crippen LogP contribution in [0.5, 0.6) is 0 Å². The second kappa shape index (κ2) is 6.06. The molecule has 1 saturated carbocycles. The highest BCUT2D eigenvalue weighted by Crippen LogP contribution is 2.31. The van der Waals surface area contributed by atoms with Gasteiger partial charge in [-0.25, -0.2) is 4.98 Å². The Bertz CT molecular complexity index is 622. The molecule has 4 rings (SSSR count). The maximum atomic E-state index is 5.95. The summed E-state index contributed by atoms with van der Waals surface area (Å²) in [5, 5.41) is 11.7. The van der Waals surface area contributed by atoms with Gasteiger partial charge < -0.3 is 4.74 Å². The molecular weight excluding hydrogens is 298 g/mol. The van der Waals surface area contributed by atoms with Crippen molar-refractivity contribution in [2.24, 2.45) is 13.0 Å². The lowest BCUT2D eigenvalue weighted by Crippen LogP contribution is -2.36. The molecule has 0 saturated heterocycles. The van der Waals surface area contributed by atoms with E-state index in [-0.39, 0.29) is 0 Å². The van der Waals surface area contributed by atoms with Crippen LogP contribution in [0.4, 0.5) is 0 Å². The summed E-state index contributed by atoms with van der Waals surface area (Å²) in [6, 6.07) is 0. The summed E-state index contributed by atoms with van der Waals surface area (Å²) in [7, 11) is 1.98. The quantitative estimate of drug-likeness (QED) is 0.812. The van der Waals surface area contributed by atoms with Gasteiger partial charge in [0.05, 0.1) is 18.8 Å².